The molecule has 0 aromatic carbocycles. The van der Waals surface area contributed by atoms with Crippen LogP contribution < -0.4 is 16.0 Å². The van der Waals surface area contributed by atoms with Gasteiger partial charge in [-0.2, -0.15) is 0 Å². The van der Waals surface area contributed by atoms with Gasteiger partial charge >= 0.3 is 0 Å². The van der Waals surface area contributed by atoms with Crippen molar-refractivity contribution in [3.8, 4) is 0 Å². The van der Waals surface area contributed by atoms with Crippen molar-refractivity contribution in [2.75, 3.05) is 26.0 Å². The minimum Gasteiger partial charge on any atom is -0.373 e. The Labute approximate surface area is 119 Å². The maximum atomic E-state index is 12.1. The molecule has 0 spiro atoms. The second kappa shape index (κ2) is 6.36. The van der Waals surface area contributed by atoms with Gasteiger partial charge in [0, 0.05) is 30.8 Å². The van der Waals surface area contributed by atoms with Gasteiger partial charge in [-0.25, -0.2) is 4.98 Å². The summed E-state index contributed by atoms with van der Waals surface area (Å²) in [5.74, 6) is 0.0952. The fourth-order valence-corrected chi connectivity index (χ4v) is 1.52. The maximum Gasteiger partial charge on any atom is 0.251 e. The van der Waals surface area contributed by atoms with Crippen LogP contribution in [0, 0.1) is 0 Å². The van der Waals surface area contributed by atoms with E-state index in [0.717, 1.165) is 5.69 Å². The first-order valence-electron chi connectivity index (χ1n) is 6.47. The number of hydrogen-bond donors (Lipinski definition) is 3. The average Bonchev–Trinajstić information content (AvgIpc) is 2.42. The highest BCUT2D eigenvalue weighted by molar-refractivity contribution is 5.97. The molecule has 6 nitrogen and oxygen atoms in total. The van der Waals surface area contributed by atoms with Crippen molar-refractivity contribution < 1.29 is 9.59 Å². The van der Waals surface area contributed by atoms with Crippen LogP contribution in [0.4, 0.5) is 5.82 Å². The monoisotopic (exact) mass is 278 g/mol. The molecule has 0 bridgehead atoms. The average molecular weight is 278 g/mol. The Morgan fingerprint density at radius 3 is 2.35 bits per heavy atom. The number of hydrogen-bond acceptors (Lipinski definition) is 4. The number of anilines is 1. The lowest BCUT2D eigenvalue weighted by Gasteiger charge is -2.19. The lowest BCUT2D eigenvalue weighted by molar-refractivity contribution is -0.119. The molecule has 0 fully saturated rings. The van der Waals surface area contributed by atoms with E-state index < -0.39 is 0 Å². The van der Waals surface area contributed by atoms with E-state index in [4.69, 9.17) is 0 Å². The Morgan fingerprint density at radius 1 is 1.20 bits per heavy atom. The lowest BCUT2D eigenvalue weighted by Crippen LogP contribution is -2.35. The third-order valence-electron chi connectivity index (χ3n) is 2.80. The number of nitrogens with zero attached hydrogens (tertiary/aromatic N) is 1. The van der Waals surface area contributed by atoms with Gasteiger partial charge in [0.25, 0.3) is 5.91 Å². The first kappa shape index (κ1) is 15.9. The van der Waals surface area contributed by atoms with Gasteiger partial charge < -0.3 is 16.0 Å². The molecule has 1 aromatic heterocycles. The summed E-state index contributed by atoms with van der Waals surface area (Å²) in [5, 5.41) is 7.97. The smallest absolute Gasteiger partial charge is 0.251 e. The standard InChI is InChI=1S/C14H22N4O2/c1-14(2,3)10-6-9(7-11(15-4)18-10)13(20)17-8-12(19)16-5/h6-7H,8H2,1-5H3,(H,15,18)(H,16,19)(H,17,20). The highest BCUT2D eigenvalue weighted by Gasteiger charge is 2.19. The number of likely N-dealkylation sites (N-methyl/N-ethyl adjacent to an activating group) is 1. The second-order valence-electron chi connectivity index (χ2n) is 5.48. The summed E-state index contributed by atoms with van der Waals surface area (Å²) in [6.07, 6.45) is 0. The first-order valence-corrected chi connectivity index (χ1v) is 6.47. The molecule has 0 aliphatic heterocycles. The van der Waals surface area contributed by atoms with Gasteiger partial charge in [-0.1, -0.05) is 20.8 Å². The number of amides is 2. The number of carbonyl (C=O) groups excluding carboxylic acids is 2. The molecule has 1 rings (SSSR count). The summed E-state index contributed by atoms with van der Waals surface area (Å²) < 4.78 is 0. The SMILES string of the molecule is CNC(=O)CNC(=O)c1cc(NC)nc(C(C)(C)C)c1. The largest absolute Gasteiger partial charge is 0.373 e. The molecule has 0 radical (unpaired) electrons. The quantitative estimate of drug-likeness (QED) is 0.764. The van der Waals surface area contributed by atoms with Crippen molar-refractivity contribution >= 4 is 17.6 Å². The molecule has 110 valence electrons. The molecule has 0 saturated heterocycles. The number of carbonyl (C=O) groups is 2. The van der Waals surface area contributed by atoms with E-state index in [1.165, 1.54) is 7.05 Å². The topological polar surface area (TPSA) is 83.1 Å². The molecular formula is C14H22N4O2. The molecule has 1 aromatic rings. The van der Waals surface area contributed by atoms with E-state index in [2.05, 4.69) is 20.9 Å². The van der Waals surface area contributed by atoms with Crippen molar-refractivity contribution in [2.45, 2.75) is 26.2 Å². The number of aromatic nitrogens is 1. The molecule has 1 heterocycles. The third kappa shape index (κ3) is 4.22. The van der Waals surface area contributed by atoms with E-state index in [-0.39, 0.29) is 23.8 Å². The zero-order valence-corrected chi connectivity index (χ0v) is 12.6. The van der Waals surface area contributed by atoms with Crippen LogP contribution in [0.5, 0.6) is 0 Å². The highest BCUT2D eigenvalue weighted by Crippen LogP contribution is 2.23. The van der Waals surface area contributed by atoms with Gasteiger partial charge in [-0.05, 0) is 12.1 Å². The predicted molar refractivity (Wildman–Crippen MR) is 78.9 cm³/mol. The molecule has 0 saturated carbocycles. The van der Waals surface area contributed by atoms with Gasteiger partial charge in [0.05, 0.1) is 6.54 Å². The molecule has 2 amide bonds. The van der Waals surface area contributed by atoms with Gasteiger partial charge in [0.2, 0.25) is 5.91 Å². The van der Waals surface area contributed by atoms with Gasteiger partial charge in [0.1, 0.15) is 5.82 Å². The summed E-state index contributed by atoms with van der Waals surface area (Å²) in [6, 6.07) is 3.41. The fourth-order valence-electron chi connectivity index (χ4n) is 1.52. The van der Waals surface area contributed by atoms with E-state index in [1.54, 1.807) is 19.2 Å². The van der Waals surface area contributed by atoms with Gasteiger partial charge in [-0.15, -0.1) is 0 Å². The van der Waals surface area contributed by atoms with Crippen molar-refractivity contribution in [1.29, 1.82) is 0 Å². The van der Waals surface area contributed by atoms with Crippen LogP contribution in [0.15, 0.2) is 12.1 Å². The van der Waals surface area contributed by atoms with Crippen LogP contribution in [0.1, 0.15) is 36.8 Å². The molecule has 6 heteroatoms. The third-order valence-corrected chi connectivity index (χ3v) is 2.80. The molecule has 20 heavy (non-hydrogen) atoms. The zero-order chi connectivity index (χ0) is 15.3. The summed E-state index contributed by atoms with van der Waals surface area (Å²) >= 11 is 0. The molecule has 0 aliphatic rings. The van der Waals surface area contributed by atoms with Crippen molar-refractivity contribution in [3.05, 3.63) is 23.4 Å². The minimum atomic E-state index is -0.294. The van der Waals surface area contributed by atoms with Crippen molar-refractivity contribution in [3.63, 3.8) is 0 Å². The van der Waals surface area contributed by atoms with Crippen LogP contribution in [0.2, 0.25) is 0 Å². The van der Waals surface area contributed by atoms with Crippen molar-refractivity contribution in [2.24, 2.45) is 0 Å². The summed E-state index contributed by atoms with van der Waals surface area (Å²) in [5.41, 5.74) is 1.13. The molecule has 0 aliphatic carbocycles. The van der Waals surface area contributed by atoms with E-state index in [0.29, 0.717) is 11.4 Å². The highest BCUT2D eigenvalue weighted by atomic mass is 16.2. The van der Waals surface area contributed by atoms with Gasteiger partial charge in [0.15, 0.2) is 0 Å². The van der Waals surface area contributed by atoms with E-state index in [9.17, 15) is 9.59 Å². The van der Waals surface area contributed by atoms with Crippen molar-refractivity contribution in [1.82, 2.24) is 15.6 Å². The Hall–Kier alpha value is -2.11. The summed E-state index contributed by atoms with van der Waals surface area (Å²) in [7, 11) is 3.28. The number of rotatable bonds is 4. The zero-order valence-electron chi connectivity index (χ0n) is 12.6. The second-order valence-corrected chi connectivity index (χ2v) is 5.48. The van der Waals surface area contributed by atoms with Crippen LogP contribution in [0.3, 0.4) is 0 Å². The lowest BCUT2D eigenvalue weighted by atomic mass is 9.90. The Kier molecular flexibility index (Phi) is 5.07. The van der Waals surface area contributed by atoms with Gasteiger partial charge in [-0.3, -0.25) is 9.59 Å². The molecule has 0 atom stereocenters. The van der Waals surface area contributed by atoms with Crippen LogP contribution in [-0.4, -0.2) is 37.4 Å². The van der Waals surface area contributed by atoms with Crippen LogP contribution in [0.25, 0.3) is 0 Å². The maximum absolute atomic E-state index is 12.1. The summed E-state index contributed by atoms with van der Waals surface area (Å²) in [6.45, 7) is 6.04. The van der Waals surface area contributed by atoms with E-state index in [1.807, 2.05) is 20.8 Å². The predicted octanol–water partition coefficient (Wildman–Crippen LogP) is 0.897. The Bertz CT molecular complexity index is 506. The fraction of sp³-hybridized carbons (Fsp3) is 0.500. The number of nitrogens with one attached hydrogen (secondary N) is 3. The first-order chi connectivity index (χ1) is 9.27. The van der Waals surface area contributed by atoms with E-state index >= 15 is 0 Å². The van der Waals surface area contributed by atoms with Crippen LogP contribution in [-0.2, 0) is 10.2 Å². The molecular weight excluding hydrogens is 256 g/mol. The van der Waals surface area contributed by atoms with Crippen LogP contribution >= 0.6 is 0 Å². The normalized spacial score (nSPS) is 10.8. The number of pyridine rings is 1. The summed E-state index contributed by atoms with van der Waals surface area (Å²) in [4.78, 5) is 27.7. The molecule has 0 unspecified atom stereocenters. The Morgan fingerprint density at radius 2 is 1.85 bits per heavy atom. The minimum absolute atomic E-state index is 0.0443. The Balaban J connectivity index is 2.99. The molecule has 3 N–H and O–H groups in total.